The predicted molar refractivity (Wildman–Crippen MR) is 72.9 cm³/mol. The summed E-state index contributed by atoms with van der Waals surface area (Å²) in [6.45, 7) is 0.474. The lowest BCUT2D eigenvalue weighted by molar-refractivity contribution is 0.0691. The number of pyridine rings is 1. The van der Waals surface area contributed by atoms with Gasteiger partial charge in [-0.3, -0.25) is 0 Å². The minimum atomic E-state index is -1.14. The van der Waals surface area contributed by atoms with Crippen molar-refractivity contribution in [3.63, 3.8) is 0 Å². The van der Waals surface area contributed by atoms with E-state index in [1.54, 1.807) is 12.1 Å². The van der Waals surface area contributed by atoms with E-state index in [1.807, 2.05) is 4.90 Å². The number of halogens is 1. The lowest BCUT2D eigenvalue weighted by atomic mass is 10.2. The van der Waals surface area contributed by atoms with Gasteiger partial charge in [0.15, 0.2) is 5.69 Å². The number of aromatic carboxylic acids is 1. The fourth-order valence-corrected chi connectivity index (χ4v) is 2.74. The van der Waals surface area contributed by atoms with E-state index in [4.69, 9.17) is 16.7 Å². The zero-order valence-corrected chi connectivity index (χ0v) is 11.3. The molecule has 0 aromatic carbocycles. The van der Waals surface area contributed by atoms with E-state index in [0.29, 0.717) is 18.4 Å². The Morgan fingerprint density at radius 3 is 2.68 bits per heavy atom. The summed E-state index contributed by atoms with van der Waals surface area (Å²) < 4.78 is 0. The van der Waals surface area contributed by atoms with Gasteiger partial charge in [0.2, 0.25) is 0 Å². The van der Waals surface area contributed by atoms with Crippen LogP contribution in [0.3, 0.4) is 0 Å². The zero-order chi connectivity index (χ0) is 13.8. The molecule has 2 rings (SSSR count). The van der Waals surface area contributed by atoms with E-state index in [9.17, 15) is 9.90 Å². The van der Waals surface area contributed by atoms with Crippen molar-refractivity contribution >= 4 is 23.4 Å². The normalized spacial score (nSPS) is 15.7. The number of hydrogen-bond acceptors (Lipinski definition) is 4. The topological polar surface area (TPSA) is 73.7 Å². The van der Waals surface area contributed by atoms with Gasteiger partial charge in [0.25, 0.3) is 0 Å². The van der Waals surface area contributed by atoms with Gasteiger partial charge in [-0.15, -0.1) is 0 Å². The number of aromatic nitrogens is 1. The number of rotatable bonds is 5. The summed E-state index contributed by atoms with van der Waals surface area (Å²) in [6.07, 6.45) is 4.41. The van der Waals surface area contributed by atoms with Crippen LogP contribution in [-0.4, -0.2) is 40.4 Å². The molecule has 1 saturated carbocycles. The van der Waals surface area contributed by atoms with E-state index >= 15 is 0 Å². The molecule has 2 N–H and O–H groups in total. The number of nitrogens with zero attached hydrogens (tertiary/aromatic N) is 2. The van der Waals surface area contributed by atoms with Gasteiger partial charge >= 0.3 is 5.97 Å². The number of carbonyl (C=O) groups is 1. The summed E-state index contributed by atoms with van der Waals surface area (Å²) >= 11 is 5.82. The molecule has 5 nitrogen and oxygen atoms in total. The maximum atomic E-state index is 11.1. The number of carboxylic acid groups (broad SMARTS) is 1. The first-order valence-corrected chi connectivity index (χ1v) is 6.78. The molecule has 0 saturated heterocycles. The third kappa shape index (κ3) is 3.16. The highest BCUT2D eigenvalue weighted by Crippen LogP contribution is 2.28. The van der Waals surface area contributed by atoms with Crippen LogP contribution in [-0.2, 0) is 0 Å². The minimum absolute atomic E-state index is 0.0171. The van der Waals surface area contributed by atoms with Crippen LogP contribution in [0.1, 0.15) is 36.2 Å². The molecular weight excluding hydrogens is 268 g/mol. The lowest BCUT2D eigenvalue weighted by Crippen LogP contribution is -2.36. The van der Waals surface area contributed by atoms with Gasteiger partial charge in [-0.05, 0) is 25.0 Å². The van der Waals surface area contributed by atoms with Gasteiger partial charge in [-0.2, -0.15) is 0 Å². The van der Waals surface area contributed by atoms with Crippen LogP contribution in [0.4, 0.5) is 5.82 Å². The summed E-state index contributed by atoms with van der Waals surface area (Å²) in [6, 6.07) is 3.58. The Hall–Kier alpha value is -1.33. The molecule has 6 heteroatoms. The average Bonchev–Trinajstić information content (AvgIpc) is 2.90. The maximum absolute atomic E-state index is 11.1. The van der Waals surface area contributed by atoms with E-state index in [-0.39, 0.29) is 17.3 Å². The predicted octanol–water partition coefficient (Wildman–Crippen LogP) is 2.17. The fraction of sp³-hybridized carbons (Fsp3) is 0.538. The van der Waals surface area contributed by atoms with Crippen LogP contribution in [0.2, 0.25) is 5.02 Å². The summed E-state index contributed by atoms with van der Waals surface area (Å²) in [5, 5.41) is 18.4. The highest BCUT2D eigenvalue weighted by Gasteiger charge is 2.24. The molecule has 1 aromatic heterocycles. The molecule has 1 fully saturated rings. The second-order valence-electron chi connectivity index (χ2n) is 4.66. The molecule has 1 aliphatic carbocycles. The standard InChI is InChI=1S/C13H17ClN2O3/c14-10-5-6-11(15-12(10)13(18)19)16(7-8-17)9-3-1-2-4-9/h5-6,9,17H,1-4,7-8H2,(H,18,19). The van der Waals surface area contributed by atoms with E-state index in [2.05, 4.69) is 4.98 Å². The molecule has 104 valence electrons. The maximum Gasteiger partial charge on any atom is 0.356 e. The Balaban J connectivity index is 2.30. The van der Waals surface area contributed by atoms with Crippen molar-refractivity contribution in [1.29, 1.82) is 0 Å². The summed E-state index contributed by atoms with van der Waals surface area (Å²) in [7, 11) is 0. The average molecular weight is 285 g/mol. The number of anilines is 1. The largest absolute Gasteiger partial charge is 0.476 e. The quantitative estimate of drug-likeness (QED) is 0.867. The van der Waals surface area contributed by atoms with Crippen molar-refractivity contribution in [2.24, 2.45) is 0 Å². The summed E-state index contributed by atoms with van der Waals surface area (Å²) in [5.41, 5.74) is -0.139. The monoisotopic (exact) mass is 284 g/mol. The Kier molecular flexibility index (Phi) is 4.61. The molecule has 0 spiro atoms. The second kappa shape index (κ2) is 6.21. The van der Waals surface area contributed by atoms with Gasteiger partial charge in [-0.25, -0.2) is 9.78 Å². The number of aliphatic hydroxyl groups excluding tert-OH is 1. The first-order valence-electron chi connectivity index (χ1n) is 6.41. The highest BCUT2D eigenvalue weighted by molar-refractivity contribution is 6.33. The molecule has 0 amide bonds. The van der Waals surface area contributed by atoms with Crippen molar-refractivity contribution in [3.05, 3.63) is 22.8 Å². The van der Waals surface area contributed by atoms with E-state index < -0.39 is 5.97 Å². The van der Waals surface area contributed by atoms with E-state index in [0.717, 1.165) is 25.7 Å². The van der Waals surface area contributed by atoms with Gasteiger partial charge in [0, 0.05) is 12.6 Å². The molecule has 0 aliphatic heterocycles. The molecule has 1 aromatic rings. The molecule has 19 heavy (non-hydrogen) atoms. The third-order valence-corrected chi connectivity index (χ3v) is 3.74. The van der Waals surface area contributed by atoms with Crippen LogP contribution in [0, 0.1) is 0 Å². The van der Waals surface area contributed by atoms with Crippen LogP contribution in [0.5, 0.6) is 0 Å². The molecular formula is C13H17ClN2O3. The Bertz CT molecular complexity index is 461. The molecule has 0 atom stereocenters. The number of aliphatic hydroxyl groups is 1. The summed E-state index contributed by atoms with van der Waals surface area (Å²) in [5.74, 6) is -0.565. The Morgan fingerprint density at radius 2 is 2.11 bits per heavy atom. The molecule has 0 bridgehead atoms. The first-order chi connectivity index (χ1) is 9.13. The molecule has 0 radical (unpaired) electrons. The number of carboxylic acids is 1. The second-order valence-corrected chi connectivity index (χ2v) is 5.07. The minimum Gasteiger partial charge on any atom is -0.476 e. The lowest BCUT2D eigenvalue weighted by Gasteiger charge is -2.29. The SMILES string of the molecule is O=C(O)c1nc(N(CCO)C2CCCC2)ccc1Cl. The first kappa shape index (κ1) is 14.1. The fourth-order valence-electron chi connectivity index (χ4n) is 2.55. The van der Waals surface area contributed by atoms with Crippen molar-refractivity contribution < 1.29 is 15.0 Å². The van der Waals surface area contributed by atoms with Crippen molar-refractivity contribution in [3.8, 4) is 0 Å². The van der Waals surface area contributed by atoms with Crippen LogP contribution in [0.15, 0.2) is 12.1 Å². The highest BCUT2D eigenvalue weighted by atomic mass is 35.5. The van der Waals surface area contributed by atoms with Gasteiger partial charge < -0.3 is 15.1 Å². The van der Waals surface area contributed by atoms with Crippen molar-refractivity contribution in [2.75, 3.05) is 18.1 Å². The smallest absolute Gasteiger partial charge is 0.356 e. The van der Waals surface area contributed by atoms with Crippen LogP contribution >= 0.6 is 11.6 Å². The molecule has 1 aliphatic rings. The molecule has 0 unspecified atom stereocenters. The number of hydrogen-bond donors (Lipinski definition) is 2. The van der Waals surface area contributed by atoms with Gasteiger partial charge in [-0.1, -0.05) is 24.4 Å². The zero-order valence-electron chi connectivity index (χ0n) is 10.5. The third-order valence-electron chi connectivity index (χ3n) is 3.43. The van der Waals surface area contributed by atoms with Crippen molar-refractivity contribution in [2.45, 2.75) is 31.7 Å². The van der Waals surface area contributed by atoms with Crippen LogP contribution in [0.25, 0.3) is 0 Å². The molecule has 1 heterocycles. The summed E-state index contributed by atoms with van der Waals surface area (Å²) in [4.78, 5) is 17.2. The van der Waals surface area contributed by atoms with E-state index in [1.165, 1.54) is 0 Å². The Morgan fingerprint density at radius 1 is 1.42 bits per heavy atom. The van der Waals surface area contributed by atoms with Crippen molar-refractivity contribution in [1.82, 2.24) is 4.98 Å². The van der Waals surface area contributed by atoms with Crippen LogP contribution < -0.4 is 4.90 Å². The Labute approximate surface area is 116 Å². The van der Waals surface area contributed by atoms with Gasteiger partial charge in [0.1, 0.15) is 5.82 Å². The van der Waals surface area contributed by atoms with Gasteiger partial charge in [0.05, 0.1) is 11.6 Å².